The summed E-state index contributed by atoms with van der Waals surface area (Å²) in [7, 11) is -4.20. The van der Waals surface area contributed by atoms with E-state index in [1.165, 1.54) is 30.3 Å². The number of hydrogen-bond acceptors (Lipinski definition) is 4. The Bertz CT molecular complexity index is 1360. The van der Waals surface area contributed by atoms with E-state index in [0.717, 1.165) is 9.87 Å². The van der Waals surface area contributed by atoms with Crippen LogP contribution in [0.2, 0.25) is 10.0 Å². The van der Waals surface area contributed by atoms with Gasteiger partial charge in [-0.05, 0) is 43.3 Å². The Morgan fingerprint density at radius 2 is 1.69 bits per heavy atom. The summed E-state index contributed by atoms with van der Waals surface area (Å²) in [6, 6.07) is 17.1. The van der Waals surface area contributed by atoms with Gasteiger partial charge in [0.2, 0.25) is 5.91 Å². The average Bonchev–Trinajstić information content (AvgIpc) is 2.83. The van der Waals surface area contributed by atoms with Crippen LogP contribution in [0.1, 0.15) is 15.9 Å². The molecule has 0 saturated heterocycles. The average molecular weight is 532 g/mol. The van der Waals surface area contributed by atoms with E-state index >= 15 is 0 Å². The van der Waals surface area contributed by atoms with Crippen LogP contribution in [0.15, 0.2) is 84.3 Å². The predicted octanol–water partition coefficient (Wildman–Crippen LogP) is 5.05. The minimum absolute atomic E-state index is 0.0122. The standard InChI is InChI=1S/C25H23Cl2N3O4S/c1-3-15-28-25(32)19-7-4-5-9-21(19)29-23(31)16-30(22-10-6-8-20(26)24(22)27)35(33,34)18-13-11-17(2)12-14-18/h3-14H,1,15-16H2,2H3,(H,28,32)(H,29,31). The zero-order valence-corrected chi connectivity index (χ0v) is 21.1. The molecule has 3 aromatic rings. The Labute approximate surface area is 214 Å². The molecule has 0 bridgehead atoms. The van der Waals surface area contributed by atoms with Crippen LogP contribution in [0.5, 0.6) is 0 Å². The minimum Gasteiger partial charge on any atom is -0.349 e. The molecule has 0 aliphatic heterocycles. The molecule has 0 aromatic heterocycles. The second-order valence-corrected chi connectivity index (χ2v) is 10.1. The number of para-hydroxylation sites is 1. The molecular weight excluding hydrogens is 509 g/mol. The third-order valence-electron chi connectivity index (χ3n) is 4.95. The number of rotatable bonds is 9. The normalized spacial score (nSPS) is 10.9. The van der Waals surface area contributed by atoms with Crippen LogP contribution >= 0.6 is 23.2 Å². The number of nitrogens with one attached hydrogen (secondary N) is 2. The Morgan fingerprint density at radius 1 is 1.00 bits per heavy atom. The lowest BCUT2D eigenvalue weighted by Gasteiger charge is -2.25. The number of benzene rings is 3. The van der Waals surface area contributed by atoms with Gasteiger partial charge in [0.1, 0.15) is 6.54 Å². The highest BCUT2D eigenvalue weighted by Gasteiger charge is 2.29. The molecule has 0 fully saturated rings. The zero-order chi connectivity index (χ0) is 25.6. The summed E-state index contributed by atoms with van der Waals surface area (Å²) in [5.41, 5.74) is 1.37. The summed E-state index contributed by atoms with van der Waals surface area (Å²) in [4.78, 5) is 25.5. The van der Waals surface area contributed by atoms with Gasteiger partial charge in [0, 0.05) is 6.54 Å². The van der Waals surface area contributed by atoms with Crippen molar-refractivity contribution >= 4 is 56.4 Å². The van der Waals surface area contributed by atoms with E-state index < -0.39 is 28.4 Å². The van der Waals surface area contributed by atoms with Gasteiger partial charge in [-0.3, -0.25) is 13.9 Å². The monoisotopic (exact) mass is 531 g/mol. The van der Waals surface area contributed by atoms with E-state index in [-0.39, 0.29) is 38.4 Å². The maximum Gasteiger partial charge on any atom is 0.264 e. The first kappa shape index (κ1) is 26.3. The van der Waals surface area contributed by atoms with Crippen LogP contribution in [-0.2, 0) is 14.8 Å². The molecule has 3 rings (SSSR count). The molecule has 182 valence electrons. The van der Waals surface area contributed by atoms with Gasteiger partial charge in [0.15, 0.2) is 0 Å². The Kier molecular flexibility index (Phi) is 8.56. The number of carbonyl (C=O) groups is 2. The first-order chi connectivity index (χ1) is 16.6. The Morgan fingerprint density at radius 3 is 2.37 bits per heavy atom. The molecule has 0 aliphatic rings. The van der Waals surface area contributed by atoms with Gasteiger partial charge in [-0.1, -0.05) is 65.2 Å². The molecule has 0 spiro atoms. The number of sulfonamides is 1. The third-order valence-corrected chi connectivity index (χ3v) is 7.53. The zero-order valence-electron chi connectivity index (χ0n) is 18.8. The summed E-state index contributed by atoms with van der Waals surface area (Å²) >= 11 is 12.5. The van der Waals surface area contributed by atoms with E-state index in [1.807, 2.05) is 6.92 Å². The molecule has 35 heavy (non-hydrogen) atoms. The van der Waals surface area contributed by atoms with Gasteiger partial charge in [-0.2, -0.15) is 0 Å². The molecule has 0 atom stereocenters. The molecule has 2 N–H and O–H groups in total. The fourth-order valence-electron chi connectivity index (χ4n) is 3.19. The molecule has 10 heteroatoms. The van der Waals surface area contributed by atoms with Crippen LogP contribution in [0, 0.1) is 6.92 Å². The van der Waals surface area contributed by atoms with E-state index in [1.54, 1.807) is 42.5 Å². The quantitative estimate of drug-likeness (QED) is 0.377. The smallest absolute Gasteiger partial charge is 0.264 e. The van der Waals surface area contributed by atoms with Crippen molar-refractivity contribution in [1.29, 1.82) is 0 Å². The van der Waals surface area contributed by atoms with Crippen LogP contribution < -0.4 is 14.9 Å². The number of anilines is 2. The maximum absolute atomic E-state index is 13.6. The summed E-state index contributed by atoms with van der Waals surface area (Å²) < 4.78 is 28.0. The van der Waals surface area contributed by atoms with Crippen molar-refractivity contribution < 1.29 is 18.0 Å². The third kappa shape index (κ3) is 6.22. The van der Waals surface area contributed by atoms with Crippen LogP contribution in [0.25, 0.3) is 0 Å². The lowest BCUT2D eigenvalue weighted by atomic mass is 10.1. The van der Waals surface area contributed by atoms with Crippen LogP contribution in [0.3, 0.4) is 0 Å². The number of halogens is 2. The van der Waals surface area contributed by atoms with Gasteiger partial charge < -0.3 is 10.6 Å². The topological polar surface area (TPSA) is 95.6 Å². The summed E-state index contributed by atoms with van der Waals surface area (Å²) in [6.07, 6.45) is 1.53. The number of hydrogen-bond donors (Lipinski definition) is 2. The first-order valence-electron chi connectivity index (χ1n) is 10.5. The van der Waals surface area contributed by atoms with Crippen molar-refractivity contribution in [1.82, 2.24) is 5.32 Å². The highest BCUT2D eigenvalue weighted by atomic mass is 35.5. The van der Waals surface area contributed by atoms with E-state index in [0.29, 0.717) is 0 Å². The maximum atomic E-state index is 13.6. The highest BCUT2D eigenvalue weighted by Crippen LogP contribution is 2.35. The van der Waals surface area contributed by atoms with Gasteiger partial charge >= 0.3 is 0 Å². The van der Waals surface area contributed by atoms with Crippen LogP contribution in [0.4, 0.5) is 11.4 Å². The van der Waals surface area contributed by atoms with Gasteiger partial charge in [-0.15, -0.1) is 6.58 Å². The lowest BCUT2D eigenvalue weighted by Crippen LogP contribution is -2.38. The number of carbonyl (C=O) groups excluding carboxylic acids is 2. The van der Waals surface area contributed by atoms with Crippen molar-refractivity contribution in [2.45, 2.75) is 11.8 Å². The van der Waals surface area contributed by atoms with Gasteiger partial charge in [0.05, 0.1) is 31.9 Å². The highest BCUT2D eigenvalue weighted by molar-refractivity contribution is 7.92. The van der Waals surface area contributed by atoms with Crippen molar-refractivity contribution in [2.75, 3.05) is 22.7 Å². The molecule has 2 amide bonds. The molecule has 3 aromatic carbocycles. The second-order valence-electron chi connectivity index (χ2n) is 7.49. The predicted molar refractivity (Wildman–Crippen MR) is 140 cm³/mol. The molecule has 7 nitrogen and oxygen atoms in total. The van der Waals surface area contributed by atoms with Crippen molar-refractivity contribution in [3.63, 3.8) is 0 Å². The Balaban J connectivity index is 1.97. The minimum atomic E-state index is -4.20. The first-order valence-corrected chi connectivity index (χ1v) is 12.7. The van der Waals surface area contributed by atoms with Gasteiger partial charge in [0.25, 0.3) is 15.9 Å². The largest absolute Gasteiger partial charge is 0.349 e. The molecule has 0 unspecified atom stereocenters. The van der Waals surface area contributed by atoms with E-state index in [9.17, 15) is 18.0 Å². The van der Waals surface area contributed by atoms with Crippen molar-refractivity contribution in [3.05, 3.63) is 101 Å². The van der Waals surface area contributed by atoms with Crippen molar-refractivity contribution in [2.24, 2.45) is 0 Å². The molecule has 0 heterocycles. The van der Waals surface area contributed by atoms with E-state index in [2.05, 4.69) is 17.2 Å². The number of amides is 2. The van der Waals surface area contributed by atoms with Crippen molar-refractivity contribution in [3.8, 4) is 0 Å². The molecule has 0 aliphatic carbocycles. The SMILES string of the molecule is C=CCNC(=O)c1ccccc1NC(=O)CN(c1cccc(Cl)c1Cl)S(=O)(=O)c1ccc(C)cc1. The molecule has 0 saturated carbocycles. The van der Waals surface area contributed by atoms with Gasteiger partial charge in [-0.25, -0.2) is 8.42 Å². The summed E-state index contributed by atoms with van der Waals surface area (Å²) in [6.45, 7) is 5.02. The number of nitrogens with zero attached hydrogens (tertiary/aromatic N) is 1. The fourth-order valence-corrected chi connectivity index (χ4v) is 5.07. The second kappa shape index (κ2) is 11.4. The van der Waals surface area contributed by atoms with Crippen LogP contribution in [-0.4, -0.2) is 33.3 Å². The molecular formula is C25H23Cl2N3O4S. The summed E-state index contributed by atoms with van der Waals surface area (Å²) in [5.74, 6) is -1.09. The summed E-state index contributed by atoms with van der Waals surface area (Å²) in [5, 5.41) is 5.40. The lowest BCUT2D eigenvalue weighted by molar-refractivity contribution is -0.114. The number of aryl methyl sites for hydroxylation is 1. The fraction of sp³-hybridized carbons (Fsp3) is 0.120. The Hall–Kier alpha value is -3.33. The molecule has 0 radical (unpaired) electrons. The van der Waals surface area contributed by atoms with E-state index in [4.69, 9.17) is 23.2 Å².